The van der Waals surface area contributed by atoms with E-state index in [0.29, 0.717) is 16.5 Å². The van der Waals surface area contributed by atoms with Crippen LogP contribution in [-0.4, -0.2) is 50.9 Å². The molecule has 0 unspecified atom stereocenters. The Kier molecular flexibility index (Phi) is 11.8. The Hall–Kier alpha value is -4.34. The Morgan fingerprint density at radius 2 is 1.56 bits per heavy atom. The quantitative estimate of drug-likeness (QED) is 0.164. The zero-order valence-corrected chi connectivity index (χ0v) is 28.9. The molecule has 0 aromatic heterocycles. The second-order valence-electron chi connectivity index (χ2n) is 12.2. The van der Waals surface area contributed by atoms with E-state index in [2.05, 4.69) is 5.32 Å². The molecule has 1 fully saturated rings. The molecule has 10 heteroatoms. The third-order valence-electron chi connectivity index (χ3n) is 8.68. The summed E-state index contributed by atoms with van der Waals surface area (Å²) in [6.45, 7) is 1.40. The van der Waals surface area contributed by atoms with E-state index in [4.69, 9.17) is 16.3 Å². The Bertz CT molecular complexity index is 1790. The van der Waals surface area contributed by atoms with Gasteiger partial charge in [-0.05, 0) is 85.0 Å². The smallest absolute Gasteiger partial charge is 0.264 e. The highest BCUT2D eigenvalue weighted by atomic mass is 35.5. The normalized spacial score (nSPS) is 14.1. The summed E-state index contributed by atoms with van der Waals surface area (Å²) in [5.41, 5.74) is 2.80. The van der Waals surface area contributed by atoms with Crippen LogP contribution >= 0.6 is 11.6 Å². The van der Waals surface area contributed by atoms with Crippen molar-refractivity contribution in [1.82, 2.24) is 10.2 Å². The Labute approximate surface area is 288 Å². The maximum Gasteiger partial charge on any atom is 0.264 e. The molecule has 0 aliphatic heterocycles. The van der Waals surface area contributed by atoms with Crippen LogP contribution in [0.3, 0.4) is 0 Å². The summed E-state index contributed by atoms with van der Waals surface area (Å²) in [6, 6.07) is 28.9. The molecule has 0 heterocycles. The molecule has 4 aromatic carbocycles. The lowest BCUT2D eigenvalue weighted by molar-refractivity contribution is -0.140. The zero-order valence-electron chi connectivity index (χ0n) is 27.3. The molecular weight excluding hydrogens is 646 g/mol. The predicted octanol–water partition coefficient (Wildman–Crippen LogP) is 6.94. The molecule has 1 aliphatic carbocycles. The maximum absolute atomic E-state index is 14.7. The van der Waals surface area contributed by atoms with Gasteiger partial charge in [-0.3, -0.25) is 13.9 Å². The van der Waals surface area contributed by atoms with Crippen LogP contribution in [0.5, 0.6) is 5.75 Å². The number of sulfonamides is 1. The second kappa shape index (κ2) is 16.2. The molecule has 1 atom stereocenters. The number of carbonyl (C=O) groups is 2. The van der Waals surface area contributed by atoms with Crippen molar-refractivity contribution in [3.8, 4) is 5.75 Å². The number of nitrogens with one attached hydrogen (secondary N) is 1. The summed E-state index contributed by atoms with van der Waals surface area (Å²) in [7, 11) is -2.65. The minimum Gasteiger partial charge on any atom is -0.497 e. The summed E-state index contributed by atoms with van der Waals surface area (Å²) in [5, 5.41) is 3.63. The highest BCUT2D eigenvalue weighted by Gasteiger charge is 2.35. The molecule has 48 heavy (non-hydrogen) atoms. The van der Waals surface area contributed by atoms with Gasteiger partial charge in [-0.1, -0.05) is 85.5 Å². The van der Waals surface area contributed by atoms with Gasteiger partial charge in [-0.25, -0.2) is 8.42 Å². The molecule has 1 aliphatic rings. The van der Waals surface area contributed by atoms with Crippen molar-refractivity contribution in [1.29, 1.82) is 0 Å². The van der Waals surface area contributed by atoms with Crippen LogP contribution in [0.4, 0.5) is 5.69 Å². The number of nitrogens with zero attached hydrogens (tertiary/aromatic N) is 2. The van der Waals surface area contributed by atoms with Gasteiger partial charge in [0.1, 0.15) is 18.3 Å². The van der Waals surface area contributed by atoms with Crippen molar-refractivity contribution in [3.63, 3.8) is 0 Å². The Morgan fingerprint density at radius 3 is 2.25 bits per heavy atom. The minimum atomic E-state index is -4.22. The number of hydrogen-bond donors (Lipinski definition) is 1. The molecule has 252 valence electrons. The van der Waals surface area contributed by atoms with Crippen molar-refractivity contribution in [3.05, 3.63) is 125 Å². The van der Waals surface area contributed by atoms with Crippen LogP contribution < -0.4 is 14.4 Å². The van der Waals surface area contributed by atoms with Gasteiger partial charge < -0.3 is 15.0 Å². The monoisotopic (exact) mass is 687 g/mol. The topological polar surface area (TPSA) is 96.0 Å². The molecule has 2 amide bonds. The molecule has 1 saturated carbocycles. The number of anilines is 1. The lowest BCUT2D eigenvalue weighted by Crippen LogP contribution is -2.55. The molecule has 5 rings (SSSR count). The summed E-state index contributed by atoms with van der Waals surface area (Å²) >= 11 is 6.09. The van der Waals surface area contributed by atoms with E-state index in [-0.39, 0.29) is 29.8 Å². The van der Waals surface area contributed by atoms with E-state index in [1.807, 2.05) is 67.6 Å². The van der Waals surface area contributed by atoms with Crippen LogP contribution in [0.1, 0.15) is 48.8 Å². The van der Waals surface area contributed by atoms with Crippen molar-refractivity contribution in [2.75, 3.05) is 18.0 Å². The fourth-order valence-electron chi connectivity index (χ4n) is 6.11. The standard InChI is InChI=1S/C38H42ClN3O5S/c1-28-11-9-17-33(23-28)42(48(45,46)35-21-19-31(39)20-22-35)27-37(43)41(26-30-14-10-18-34(24-30)47-2)36(25-29-12-5-3-6-13-29)38(44)40-32-15-7-4-8-16-32/h3,5-6,9-14,17-24,32,36H,4,7-8,15-16,25-27H2,1-2H3,(H,40,44)/t36-/m1/s1. The highest BCUT2D eigenvalue weighted by Crippen LogP contribution is 2.27. The number of ether oxygens (including phenoxy) is 1. The third-order valence-corrected chi connectivity index (χ3v) is 10.7. The van der Waals surface area contributed by atoms with Gasteiger partial charge in [0, 0.05) is 24.0 Å². The average Bonchev–Trinajstić information content (AvgIpc) is 3.09. The van der Waals surface area contributed by atoms with Crippen LogP contribution in [0.25, 0.3) is 0 Å². The molecule has 8 nitrogen and oxygen atoms in total. The Balaban J connectivity index is 1.57. The first kappa shape index (κ1) is 35.0. The molecule has 0 saturated heterocycles. The number of methoxy groups -OCH3 is 1. The number of benzene rings is 4. The fraction of sp³-hybridized carbons (Fsp3) is 0.316. The second-order valence-corrected chi connectivity index (χ2v) is 14.5. The van der Waals surface area contributed by atoms with Crippen molar-refractivity contribution < 1.29 is 22.7 Å². The first-order chi connectivity index (χ1) is 23.1. The first-order valence-electron chi connectivity index (χ1n) is 16.3. The molecule has 0 spiro atoms. The van der Waals surface area contributed by atoms with Gasteiger partial charge in [0.25, 0.3) is 10.0 Å². The molecular formula is C38H42ClN3O5S. The molecule has 0 radical (unpaired) electrons. The van der Waals surface area contributed by atoms with Gasteiger partial charge >= 0.3 is 0 Å². The van der Waals surface area contributed by atoms with Crippen molar-refractivity contribution in [2.45, 2.75) is 69.0 Å². The van der Waals surface area contributed by atoms with Crippen molar-refractivity contribution >= 4 is 39.1 Å². The summed E-state index contributed by atoms with van der Waals surface area (Å²) < 4.78 is 35.0. The highest BCUT2D eigenvalue weighted by molar-refractivity contribution is 7.92. The predicted molar refractivity (Wildman–Crippen MR) is 190 cm³/mol. The summed E-state index contributed by atoms with van der Waals surface area (Å²) in [6.07, 6.45) is 5.23. The minimum absolute atomic E-state index is 0.00331. The van der Waals surface area contributed by atoms with E-state index < -0.39 is 28.5 Å². The lowest BCUT2D eigenvalue weighted by Gasteiger charge is -2.35. The lowest BCUT2D eigenvalue weighted by atomic mass is 9.94. The zero-order chi connectivity index (χ0) is 34.1. The van der Waals surface area contributed by atoms with Gasteiger partial charge in [0.15, 0.2) is 0 Å². The maximum atomic E-state index is 14.7. The number of halogens is 1. The average molecular weight is 688 g/mol. The van der Waals surface area contributed by atoms with E-state index in [1.54, 1.807) is 25.3 Å². The van der Waals surface area contributed by atoms with Gasteiger partial charge in [0.2, 0.25) is 11.8 Å². The molecule has 4 aromatic rings. The van der Waals surface area contributed by atoms with Gasteiger partial charge in [-0.15, -0.1) is 0 Å². The van der Waals surface area contributed by atoms with Gasteiger partial charge in [0.05, 0.1) is 17.7 Å². The fourth-order valence-corrected chi connectivity index (χ4v) is 7.64. The number of hydrogen-bond acceptors (Lipinski definition) is 5. The van der Waals surface area contributed by atoms with Gasteiger partial charge in [-0.2, -0.15) is 0 Å². The number of rotatable bonds is 13. The number of aryl methyl sites for hydroxylation is 1. The SMILES string of the molecule is COc1cccc(CN(C(=O)CN(c2cccc(C)c2)S(=O)(=O)c2ccc(Cl)cc2)[C@H](Cc2ccccc2)C(=O)NC2CCCCC2)c1. The van der Waals surface area contributed by atoms with Crippen LogP contribution in [0.15, 0.2) is 108 Å². The van der Waals surface area contributed by atoms with E-state index >= 15 is 0 Å². The number of carbonyl (C=O) groups excluding carboxylic acids is 2. The first-order valence-corrected chi connectivity index (χ1v) is 18.1. The molecule has 1 N–H and O–H groups in total. The third kappa shape index (κ3) is 8.96. The van der Waals surface area contributed by atoms with E-state index in [1.165, 1.54) is 29.2 Å². The van der Waals surface area contributed by atoms with Crippen LogP contribution in [-0.2, 0) is 32.6 Å². The van der Waals surface area contributed by atoms with Crippen LogP contribution in [0, 0.1) is 6.92 Å². The Morgan fingerprint density at radius 1 is 0.875 bits per heavy atom. The summed E-state index contributed by atoms with van der Waals surface area (Å²) in [5.74, 6) is -0.167. The van der Waals surface area contributed by atoms with Crippen molar-refractivity contribution in [2.24, 2.45) is 0 Å². The van der Waals surface area contributed by atoms with Crippen LogP contribution in [0.2, 0.25) is 5.02 Å². The number of amides is 2. The molecule has 0 bridgehead atoms. The summed E-state index contributed by atoms with van der Waals surface area (Å²) in [4.78, 5) is 30.5. The van der Waals surface area contributed by atoms with E-state index in [9.17, 15) is 18.0 Å². The largest absolute Gasteiger partial charge is 0.497 e. The van der Waals surface area contributed by atoms with E-state index in [0.717, 1.165) is 53.1 Å².